The SMILES string of the molecule is Cc1ccc(S(=O)(=O)N[C@@H](COCc2ccccc2C)C(=O)N[C@@H](C)C(=O)N[C@@H](CC(C)C)C(=O)c2nnc(-c3ccccc3)o2)cc1. The van der Waals surface area contributed by atoms with E-state index < -0.39 is 45.7 Å². The maximum Gasteiger partial charge on any atom is 0.286 e. The number of hydrogen-bond donors (Lipinski definition) is 3. The van der Waals surface area contributed by atoms with Crippen molar-refractivity contribution in [3.63, 3.8) is 0 Å². The van der Waals surface area contributed by atoms with Crippen molar-refractivity contribution in [3.8, 4) is 11.5 Å². The van der Waals surface area contributed by atoms with Gasteiger partial charge in [-0.3, -0.25) is 14.4 Å². The molecular formula is C35H41N5O7S. The van der Waals surface area contributed by atoms with E-state index >= 15 is 0 Å². The Bertz CT molecular complexity index is 1810. The predicted molar refractivity (Wildman–Crippen MR) is 179 cm³/mol. The van der Waals surface area contributed by atoms with Crippen LogP contribution >= 0.6 is 0 Å². The van der Waals surface area contributed by atoms with E-state index in [-0.39, 0.29) is 42.2 Å². The van der Waals surface area contributed by atoms with Gasteiger partial charge in [0.1, 0.15) is 12.1 Å². The summed E-state index contributed by atoms with van der Waals surface area (Å²) < 4.78 is 40.3. The lowest BCUT2D eigenvalue weighted by molar-refractivity contribution is -0.130. The first-order valence-electron chi connectivity index (χ1n) is 15.6. The van der Waals surface area contributed by atoms with Crippen molar-refractivity contribution in [2.45, 2.75) is 70.7 Å². The van der Waals surface area contributed by atoms with Crippen molar-refractivity contribution in [2.75, 3.05) is 6.61 Å². The van der Waals surface area contributed by atoms with Gasteiger partial charge in [-0.2, -0.15) is 4.72 Å². The van der Waals surface area contributed by atoms with Crippen LogP contribution in [0.1, 0.15) is 54.6 Å². The summed E-state index contributed by atoms with van der Waals surface area (Å²) in [5.41, 5.74) is 3.37. The Labute approximate surface area is 280 Å². The van der Waals surface area contributed by atoms with Crippen LogP contribution in [0.5, 0.6) is 0 Å². The molecule has 0 aliphatic heterocycles. The number of carbonyl (C=O) groups is 3. The summed E-state index contributed by atoms with van der Waals surface area (Å²) in [7, 11) is -4.13. The number of amides is 2. The van der Waals surface area contributed by atoms with Crippen LogP contribution in [0.3, 0.4) is 0 Å². The maximum atomic E-state index is 13.5. The third kappa shape index (κ3) is 9.89. The third-order valence-electron chi connectivity index (χ3n) is 7.50. The average molecular weight is 676 g/mol. The number of sulfonamides is 1. The molecule has 0 spiro atoms. The van der Waals surface area contributed by atoms with E-state index in [0.29, 0.717) is 5.56 Å². The second-order valence-electron chi connectivity index (χ2n) is 12.0. The van der Waals surface area contributed by atoms with Gasteiger partial charge in [0.15, 0.2) is 0 Å². The molecule has 0 aliphatic carbocycles. The van der Waals surface area contributed by atoms with Crippen molar-refractivity contribution in [1.82, 2.24) is 25.6 Å². The van der Waals surface area contributed by atoms with Crippen molar-refractivity contribution >= 4 is 27.6 Å². The molecule has 0 fully saturated rings. The number of nitrogens with one attached hydrogen (secondary N) is 3. The smallest absolute Gasteiger partial charge is 0.286 e. The Morgan fingerprint density at radius 1 is 0.812 bits per heavy atom. The Balaban J connectivity index is 1.46. The number of aromatic nitrogens is 2. The number of hydrogen-bond acceptors (Lipinski definition) is 9. The van der Waals surface area contributed by atoms with Crippen molar-refractivity contribution in [1.29, 1.82) is 0 Å². The summed E-state index contributed by atoms with van der Waals surface area (Å²) in [6, 6.07) is 19.1. The van der Waals surface area contributed by atoms with Gasteiger partial charge in [-0.25, -0.2) is 8.42 Å². The standard InChI is InChI=1S/C35H41N5O7S/c1-22(2)19-29(31(41)35-39-38-34(47-35)26-12-7-6-8-13-26)37-32(42)25(5)36-33(43)30(21-46-20-27-14-10-9-11-24(27)4)40-48(44,45)28-17-15-23(3)16-18-28/h6-18,22,25,29-30,40H,19-21H2,1-5H3,(H,36,43)(H,37,42)/t25-,29-,30-/m0/s1. The summed E-state index contributed by atoms with van der Waals surface area (Å²) >= 11 is 0. The number of Topliss-reactive ketones (excluding diaryl/α,β-unsaturated/α-hetero) is 1. The number of ketones is 1. The quantitative estimate of drug-likeness (QED) is 0.148. The van der Waals surface area contributed by atoms with Crippen LogP contribution in [-0.4, -0.2) is 60.9 Å². The molecule has 254 valence electrons. The first-order chi connectivity index (χ1) is 22.8. The molecule has 0 bridgehead atoms. The highest BCUT2D eigenvalue weighted by atomic mass is 32.2. The van der Waals surface area contributed by atoms with Gasteiger partial charge >= 0.3 is 0 Å². The highest BCUT2D eigenvalue weighted by Gasteiger charge is 2.32. The average Bonchev–Trinajstić information content (AvgIpc) is 3.55. The molecule has 0 saturated heterocycles. The van der Waals surface area contributed by atoms with E-state index in [1.165, 1.54) is 19.1 Å². The van der Waals surface area contributed by atoms with E-state index in [4.69, 9.17) is 9.15 Å². The van der Waals surface area contributed by atoms with Gasteiger partial charge in [0.25, 0.3) is 5.89 Å². The molecule has 0 unspecified atom stereocenters. The Morgan fingerprint density at radius 2 is 1.48 bits per heavy atom. The first-order valence-corrected chi connectivity index (χ1v) is 17.1. The lowest BCUT2D eigenvalue weighted by Gasteiger charge is -2.23. The number of ether oxygens (including phenoxy) is 1. The number of aryl methyl sites for hydroxylation is 2. The van der Waals surface area contributed by atoms with E-state index in [2.05, 4.69) is 25.6 Å². The zero-order valence-corrected chi connectivity index (χ0v) is 28.4. The largest absolute Gasteiger partial charge is 0.414 e. The molecule has 4 rings (SSSR count). The molecule has 4 aromatic rings. The fourth-order valence-electron chi connectivity index (χ4n) is 4.74. The van der Waals surface area contributed by atoms with Crippen LogP contribution in [0.15, 0.2) is 88.2 Å². The number of nitrogens with zero attached hydrogens (tertiary/aromatic N) is 2. The topological polar surface area (TPSA) is 170 Å². The summed E-state index contributed by atoms with van der Waals surface area (Å²) in [5, 5.41) is 13.1. The van der Waals surface area contributed by atoms with Crippen LogP contribution in [-0.2, 0) is 31.0 Å². The number of rotatable bonds is 16. The van der Waals surface area contributed by atoms with Gasteiger partial charge in [-0.15, -0.1) is 10.2 Å². The van der Waals surface area contributed by atoms with E-state index in [1.807, 2.05) is 58.0 Å². The minimum Gasteiger partial charge on any atom is -0.414 e. The van der Waals surface area contributed by atoms with Crippen LogP contribution in [0, 0.1) is 19.8 Å². The summed E-state index contributed by atoms with van der Waals surface area (Å²) in [4.78, 5) is 40.2. The molecule has 0 aliphatic rings. The van der Waals surface area contributed by atoms with Gasteiger partial charge in [0.2, 0.25) is 33.5 Å². The van der Waals surface area contributed by atoms with Crippen LogP contribution < -0.4 is 15.4 Å². The number of benzene rings is 3. The van der Waals surface area contributed by atoms with Gasteiger partial charge in [0.05, 0.1) is 24.2 Å². The molecule has 3 atom stereocenters. The summed E-state index contributed by atoms with van der Waals surface area (Å²) in [6.45, 7) is 8.79. The van der Waals surface area contributed by atoms with Gasteiger partial charge < -0.3 is 19.8 Å². The normalized spacial score (nSPS) is 13.5. The van der Waals surface area contributed by atoms with Gasteiger partial charge in [-0.05, 0) is 68.5 Å². The Hall–Kier alpha value is -4.72. The van der Waals surface area contributed by atoms with Crippen molar-refractivity contribution in [2.24, 2.45) is 5.92 Å². The minimum absolute atomic E-state index is 0.00613. The lowest BCUT2D eigenvalue weighted by Crippen LogP contribution is -2.56. The molecule has 13 heteroatoms. The minimum atomic E-state index is -4.13. The molecule has 3 aromatic carbocycles. The monoisotopic (exact) mass is 675 g/mol. The second kappa shape index (κ2) is 16.4. The molecule has 1 aromatic heterocycles. The molecule has 48 heavy (non-hydrogen) atoms. The molecule has 0 saturated carbocycles. The molecule has 3 N–H and O–H groups in total. The molecule has 2 amide bonds. The molecular weight excluding hydrogens is 634 g/mol. The highest BCUT2D eigenvalue weighted by Crippen LogP contribution is 2.19. The highest BCUT2D eigenvalue weighted by molar-refractivity contribution is 7.89. The molecule has 0 radical (unpaired) electrons. The van der Waals surface area contributed by atoms with Crippen LogP contribution in [0.25, 0.3) is 11.5 Å². The van der Waals surface area contributed by atoms with Crippen LogP contribution in [0.4, 0.5) is 0 Å². The Morgan fingerprint density at radius 3 is 2.15 bits per heavy atom. The van der Waals surface area contributed by atoms with E-state index in [1.54, 1.807) is 36.4 Å². The zero-order valence-electron chi connectivity index (χ0n) is 27.6. The Kier molecular flexibility index (Phi) is 12.3. The number of carbonyl (C=O) groups excluding carboxylic acids is 3. The lowest BCUT2D eigenvalue weighted by atomic mass is 9.99. The maximum absolute atomic E-state index is 13.5. The van der Waals surface area contributed by atoms with Gasteiger partial charge in [-0.1, -0.05) is 74.0 Å². The molecule has 12 nitrogen and oxygen atoms in total. The third-order valence-corrected chi connectivity index (χ3v) is 8.98. The fraction of sp³-hybridized carbons (Fsp3) is 0.343. The second-order valence-corrected chi connectivity index (χ2v) is 13.7. The predicted octanol–water partition coefficient (Wildman–Crippen LogP) is 4.14. The van der Waals surface area contributed by atoms with Crippen molar-refractivity contribution in [3.05, 3.63) is 101 Å². The summed E-state index contributed by atoms with van der Waals surface area (Å²) in [6.07, 6.45) is 0.264. The fourth-order valence-corrected chi connectivity index (χ4v) is 5.92. The molecule has 1 heterocycles. The van der Waals surface area contributed by atoms with E-state index in [9.17, 15) is 22.8 Å². The zero-order chi connectivity index (χ0) is 34.8. The van der Waals surface area contributed by atoms with Crippen LogP contribution in [0.2, 0.25) is 0 Å². The first kappa shape index (κ1) is 36.1. The van der Waals surface area contributed by atoms with Gasteiger partial charge in [0, 0.05) is 5.56 Å². The van der Waals surface area contributed by atoms with Crippen molar-refractivity contribution < 1.29 is 32.0 Å². The van der Waals surface area contributed by atoms with E-state index in [0.717, 1.165) is 16.7 Å². The summed E-state index contributed by atoms with van der Waals surface area (Å²) in [5.74, 6) is -2.10.